The van der Waals surface area contributed by atoms with Gasteiger partial charge < -0.3 is 9.47 Å². The Balaban J connectivity index is 1.69. The molecule has 1 aromatic heterocycles. The molecule has 4 rings (SSSR count). The predicted octanol–water partition coefficient (Wildman–Crippen LogP) is 3.96. The Bertz CT molecular complexity index is 1150. The molecule has 1 unspecified atom stereocenters. The van der Waals surface area contributed by atoms with Crippen LogP contribution in [0.15, 0.2) is 30.3 Å². The molecule has 0 aliphatic carbocycles. The van der Waals surface area contributed by atoms with E-state index in [0.717, 1.165) is 23.5 Å². The van der Waals surface area contributed by atoms with Crippen LogP contribution < -0.4 is 9.64 Å². The third-order valence-electron chi connectivity index (χ3n) is 4.47. The first-order chi connectivity index (χ1) is 14.4. The lowest BCUT2D eigenvalue weighted by molar-refractivity contribution is -0.147. The summed E-state index contributed by atoms with van der Waals surface area (Å²) in [4.78, 5) is 30.4. The number of halogens is 3. The van der Waals surface area contributed by atoms with Gasteiger partial charge in [-0.05, 0) is 31.2 Å². The molecule has 1 atom stereocenters. The zero-order valence-electron chi connectivity index (χ0n) is 15.7. The van der Waals surface area contributed by atoms with E-state index in [-0.39, 0.29) is 41.2 Å². The number of ether oxygens (including phenoxy) is 2. The number of carbonyl (C=O) groups excluding carboxylic acids is 2. The van der Waals surface area contributed by atoms with E-state index in [9.17, 15) is 22.8 Å². The quantitative estimate of drug-likeness (QED) is 0.567. The number of aromatic nitrogens is 1. The highest BCUT2D eigenvalue weighted by atomic mass is 32.1. The molecule has 0 fully saturated rings. The van der Waals surface area contributed by atoms with Gasteiger partial charge in [-0.15, -0.1) is 11.3 Å². The van der Waals surface area contributed by atoms with Crippen molar-refractivity contribution < 1.29 is 32.2 Å². The average molecular weight is 436 g/mol. The zero-order valence-corrected chi connectivity index (χ0v) is 16.5. The van der Waals surface area contributed by atoms with E-state index in [1.54, 1.807) is 6.92 Å². The molecule has 3 aromatic rings. The van der Waals surface area contributed by atoms with Gasteiger partial charge in [0.05, 0.1) is 35.5 Å². The lowest BCUT2D eigenvalue weighted by atomic mass is 10.1. The largest absolute Gasteiger partial charge is 0.478 e. The van der Waals surface area contributed by atoms with Crippen molar-refractivity contribution >= 4 is 39.1 Å². The van der Waals surface area contributed by atoms with Crippen LogP contribution in [0.1, 0.15) is 18.4 Å². The molecule has 0 radical (unpaired) electrons. The highest BCUT2D eigenvalue weighted by molar-refractivity contribution is 7.18. The van der Waals surface area contributed by atoms with Gasteiger partial charge in [0.15, 0.2) is 17.7 Å². The first-order valence-electron chi connectivity index (χ1n) is 9.04. The maximum atomic E-state index is 14.0. The van der Waals surface area contributed by atoms with Crippen molar-refractivity contribution in [3.8, 4) is 5.75 Å². The molecular weight excluding hydrogens is 421 g/mol. The van der Waals surface area contributed by atoms with Crippen LogP contribution >= 0.6 is 11.3 Å². The average Bonchev–Trinajstić information content (AvgIpc) is 3.11. The molecule has 156 valence electrons. The molecule has 30 heavy (non-hydrogen) atoms. The summed E-state index contributed by atoms with van der Waals surface area (Å²) < 4.78 is 51.7. The molecule has 0 saturated heterocycles. The number of nitrogens with zero attached hydrogens (tertiary/aromatic N) is 2. The number of thiazole rings is 1. The van der Waals surface area contributed by atoms with E-state index in [2.05, 4.69) is 4.98 Å². The van der Waals surface area contributed by atoms with E-state index in [1.807, 2.05) is 0 Å². The van der Waals surface area contributed by atoms with Gasteiger partial charge in [0.1, 0.15) is 16.6 Å². The Labute approximate surface area is 172 Å². The molecule has 6 nitrogen and oxygen atoms in total. The molecule has 0 bridgehead atoms. The molecule has 0 N–H and O–H groups in total. The number of anilines is 1. The monoisotopic (exact) mass is 436 g/mol. The van der Waals surface area contributed by atoms with Crippen LogP contribution in [-0.4, -0.2) is 29.6 Å². The van der Waals surface area contributed by atoms with Crippen LogP contribution in [0.4, 0.5) is 18.9 Å². The Morgan fingerprint density at radius 1 is 1.27 bits per heavy atom. The smallest absolute Gasteiger partial charge is 0.310 e. The summed E-state index contributed by atoms with van der Waals surface area (Å²) in [5.74, 6) is -3.67. The molecule has 1 amide bonds. The molecule has 1 aliphatic heterocycles. The number of fused-ring (bicyclic) bond motifs is 2. The predicted molar refractivity (Wildman–Crippen MR) is 103 cm³/mol. The normalized spacial score (nSPS) is 15.8. The number of benzene rings is 2. The van der Waals surface area contributed by atoms with Gasteiger partial charge in [0.25, 0.3) is 5.91 Å². The van der Waals surface area contributed by atoms with Gasteiger partial charge in [0.2, 0.25) is 0 Å². The minimum absolute atomic E-state index is 0.0353. The minimum Gasteiger partial charge on any atom is -0.478 e. The van der Waals surface area contributed by atoms with E-state index in [1.165, 1.54) is 23.1 Å². The Hall–Kier alpha value is -3.14. The minimum atomic E-state index is -1.21. The molecule has 1 aliphatic rings. The third kappa shape index (κ3) is 3.70. The van der Waals surface area contributed by atoms with Gasteiger partial charge in [-0.25, -0.2) is 18.2 Å². The van der Waals surface area contributed by atoms with Gasteiger partial charge in [-0.2, -0.15) is 0 Å². The van der Waals surface area contributed by atoms with Gasteiger partial charge in [-0.3, -0.25) is 14.5 Å². The van der Waals surface area contributed by atoms with E-state index in [0.29, 0.717) is 5.01 Å². The standard InChI is InChI=1S/C20H15F3N2O4S/c1-2-28-17(26)8-15-20(27)25(13-6-3-10(21)7-14(13)29-15)9-16-24-12-5-4-11(22)18(23)19(12)30-16/h3-7,15H,2,8-9H2,1H3. The number of esters is 1. The first kappa shape index (κ1) is 20.1. The summed E-state index contributed by atoms with van der Waals surface area (Å²) in [7, 11) is 0. The topological polar surface area (TPSA) is 68.7 Å². The number of rotatable bonds is 5. The van der Waals surface area contributed by atoms with Crippen molar-refractivity contribution in [2.24, 2.45) is 0 Å². The van der Waals surface area contributed by atoms with Crippen LogP contribution in [0.5, 0.6) is 5.75 Å². The second-order valence-corrected chi connectivity index (χ2v) is 7.55. The summed E-state index contributed by atoms with van der Waals surface area (Å²) in [6.07, 6.45) is -1.55. The zero-order chi connectivity index (χ0) is 21.4. The van der Waals surface area contributed by atoms with Crippen molar-refractivity contribution in [2.75, 3.05) is 11.5 Å². The van der Waals surface area contributed by atoms with E-state index < -0.39 is 35.4 Å². The molecular formula is C20H15F3N2O4S. The molecule has 2 aromatic carbocycles. The number of hydrogen-bond donors (Lipinski definition) is 0. The second-order valence-electron chi connectivity index (χ2n) is 6.47. The maximum Gasteiger partial charge on any atom is 0.310 e. The fraction of sp³-hybridized carbons (Fsp3) is 0.250. The lowest BCUT2D eigenvalue weighted by Crippen LogP contribution is -2.46. The van der Waals surface area contributed by atoms with Gasteiger partial charge in [-0.1, -0.05) is 0 Å². The fourth-order valence-electron chi connectivity index (χ4n) is 3.15. The van der Waals surface area contributed by atoms with Crippen molar-refractivity contribution in [3.63, 3.8) is 0 Å². The summed E-state index contributed by atoms with van der Waals surface area (Å²) >= 11 is 0.908. The summed E-state index contributed by atoms with van der Waals surface area (Å²) in [5, 5.41) is 0.343. The summed E-state index contributed by atoms with van der Waals surface area (Å²) in [6, 6.07) is 5.98. The second kappa shape index (κ2) is 7.94. The van der Waals surface area contributed by atoms with Crippen molar-refractivity contribution in [1.29, 1.82) is 0 Å². The van der Waals surface area contributed by atoms with Crippen molar-refractivity contribution in [3.05, 3.63) is 52.8 Å². The van der Waals surface area contributed by atoms with Crippen LogP contribution in [0.3, 0.4) is 0 Å². The van der Waals surface area contributed by atoms with Crippen molar-refractivity contribution in [1.82, 2.24) is 4.98 Å². The molecule has 0 spiro atoms. The van der Waals surface area contributed by atoms with Gasteiger partial charge >= 0.3 is 5.97 Å². The van der Waals surface area contributed by atoms with E-state index in [4.69, 9.17) is 9.47 Å². The fourth-order valence-corrected chi connectivity index (χ4v) is 4.13. The van der Waals surface area contributed by atoms with E-state index >= 15 is 0 Å². The highest BCUT2D eigenvalue weighted by Crippen LogP contribution is 2.37. The number of amides is 1. The van der Waals surface area contributed by atoms with Crippen LogP contribution in [-0.2, 0) is 20.9 Å². The lowest BCUT2D eigenvalue weighted by Gasteiger charge is -2.33. The Morgan fingerprint density at radius 3 is 2.83 bits per heavy atom. The highest BCUT2D eigenvalue weighted by Gasteiger charge is 2.37. The first-order valence-corrected chi connectivity index (χ1v) is 9.85. The molecule has 10 heteroatoms. The number of hydrogen-bond acceptors (Lipinski definition) is 6. The van der Waals surface area contributed by atoms with Crippen LogP contribution in [0.2, 0.25) is 0 Å². The van der Waals surface area contributed by atoms with Crippen LogP contribution in [0, 0.1) is 17.5 Å². The SMILES string of the molecule is CCOC(=O)CC1Oc2cc(F)ccc2N(Cc2nc3ccc(F)c(F)c3s2)C1=O. The third-order valence-corrected chi connectivity index (χ3v) is 5.52. The maximum absolute atomic E-state index is 14.0. The molecule has 0 saturated carbocycles. The summed E-state index contributed by atoms with van der Waals surface area (Å²) in [6.45, 7) is 1.69. The van der Waals surface area contributed by atoms with Crippen LogP contribution in [0.25, 0.3) is 10.2 Å². The van der Waals surface area contributed by atoms with Gasteiger partial charge in [0, 0.05) is 6.07 Å². The Morgan fingerprint density at radius 2 is 2.07 bits per heavy atom. The number of carbonyl (C=O) groups is 2. The molecule has 2 heterocycles. The van der Waals surface area contributed by atoms with Crippen molar-refractivity contribution in [2.45, 2.75) is 26.0 Å². The summed E-state index contributed by atoms with van der Waals surface area (Å²) in [5.41, 5.74) is 0.546. The Kier molecular flexibility index (Phi) is 5.33.